The average Bonchev–Trinajstić information content (AvgIpc) is 2.41. The Labute approximate surface area is 127 Å². The summed E-state index contributed by atoms with van der Waals surface area (Å²) in [5, 5.41) is 0. The predicted molar refractivity (Wildman–Crippen MR) is 85.3 cm³/mol. The van der Waals surface area contributed by atoms with Crippen molar-refractivity contribution in [3.63, 3.8) is 0 Å². The molecular weight excluding hydrogens is 359 g/mol. The average molecular weight is 378 g/mol. The summed E-state index contributed by atoms with van der Waals surface area (Å²) >= 11 is 6.61. The quantitative estimate of drug-likeness (QED) is 0.648. The maximum absolute atomic E-state index is 12.2. The summed E-state index contributed by atoms with van der Waals surface area (Å²) in [4.78, 5) is 16.5. The predicted octanol–water partition coefficient (Wildman–Crippen LogP) is 3.04. The molecule has 0 aliphatic heterocycles. The number of aromatic nitrogens is 2. The molecule has 1 fully saturated rings. The highest BCUT2D eigenvalue weighted by molar-refractivity contribution is 14.1. The second-order valence-electron chi connectivity index (χ2n) is 5.30. The number of hydrogen-bond donors (Lipinski definition) is 1. The first-order chi connectivity index (χ1) is 8.58. The maximum Gasteiger partial charge on any atom is 0.267 e. The number of aryl methyl sites for hydroxylation is 1. The van der Waals surface area contributed by atoms with Crippen molar-refractivity contribution in [1.29, 1.82) is 0 Å². The molecule has 5 heteroatoms. The van der Waals surface area contributed by atoms with E-state index in [-0.39, 0.29) is 11.0 Å². The van der Waals surface area contributed by atoms with Crippen LogP contribution in [0, 0.1) is 15.9 Å². The monoisotopic (exact) mass is 378 g/mol. The standard InChI is InChI=1S/C13H19IN2OS/c1-10-11(14)12(17)16(9-15-10)7-13(8-18)5-3-2-4-6-13/h9,18H,2-8H2,1H3. The highest BCUT2D eigenvalue weighted by atomic mass is 127. The zero-order valence-corrected chi connectivity index (χ0v) is 13.7. The number of nitrogens with zero attached hydrogens (tertiary/aromatic N) is 2. The third-order valence-electron chi connectivity index (χ3n) is 3.91. The number of halogens is 1. The Kier molecular flexibility index (Phi) is 4.75. The van der Waals surface area contributed by atoms with Gasteiger partial charge in [0.05, 0.1) is 15.6 Å². The molecule has 1 heterocycles. The van der Waals surface area contributed by atoms with E-state index >= 15 is 0 Å². The molecule has 1 aliphatic carbocycles. The van der Waals surface area contributed by atoms with Crippen LogP contribution in [0.2, 0.25) is 0 Å². The maximum atomic E-state index is 12.2. The van der Waals surface area contributed by atoms with Gasteiger partial charge < -0.3 is 0 Å². The van der Waals surface area contributed by atoms with Crippen LogP contribution >= 0.6 is 35.2 Å². The molecule has 0 unspecified atom stereocenters. The van der Waals surface area contributed by atoms with Crippen molar-refractivity contribution in [2.24, 2.45) is 5.41 Å². The summed E-state index contributed by atoms with van der Waals surface area (Å²) in [5.74, 6) is 0.851. The number of hydrogen-bond acceptors (Lipinski definition) is 3. The van der Waals surface area contributed by atoms with Gasteiger partial charge in [-0.3, -0.25) is 9.36 Å². The Morgan fingerprint density at radius 3 is 2.72 bits per heavy atom. The van der Waals surface area contributed by atoms with E-state index in [1.807, 2.05) is 6.92 Å². The topological polar surface area (TPSA) is 34.9 Å². The van der Waals surface area contributed by atoms with E-state index < -0.39 is 0 Å². The van der Waals surface area contributed by atoms with Crippen LogP contribution in [0.25, 0.3) is 0 Å². The number of rotatable bonds is 3. The van der Waals surface area contributed by atoms with Gasteiger partial charge in [0.15, 0.2) is 0 Å². The van der Waals surface area contributed by atoms with Crippen molar-refractivity contribution >= 4 is 35.2 Å². The molecule has 0 atom stereocenters. The summed E-state index contributed by atoms with van der Waals surface area (Å²) < 4.78 is 2.51. The first kappa shape index (κ1) is 14.4. The van der Waals surface area contributed by atoms with Gasteiger partial charge in [-0.15, -0.1) is 0 Å². The second kappa shape index (κ2) is 5.94. The summed E-state index contributed by atoms with van der Waals surface area (Å²) in [7, 11) is 0. The molecule has 0 radical (unpaired) electrons. The van der Waals surface area contributed by atoms with Crippen LogP contribution in [0.15, 0.2) is 11.1 Å². The SMILES string of the molecule is Cc1ncn(CC2(CS)CCCCC2)c(=O)c1I. The Hall–Kier alpha value is -0.0400. The van der Waals surface area contributed by atoms with Gasteiger partial charge in [-0.1, -0.05) is 19.3 Å². The lowest BCUT2D eigenvalue weighted by atomic mass is 9.75. The largest absolute Gasteiger partial charge is 0.298 e. The van der Waals surface area contributed by atoms with Crippen LogP contribution in [0.1, 0.15) is 37.8 Å². The van der Waals surface area contributed by atoms with E-state index in [0.717, 1.165) is 21.6 Å². The van der Waals surface area contributed by atoms with E-state index in [2.05, 4.69) is 40.2 Å². The molecule has 1 aromatic heterocycles. The third-order valence-corrected chi connectivity index (χ3v) is 5.83. The molecule has 18 heavy (non-hydrogen) atoms. The van der Waals surface area contributed by atoms with Gasteiger partial charge in [-0.05, 0) is 53.5 Å². The fourth-order valence-electron chi connectivity index (χ4n) is 2.69. The lowest BCUT2D eigenvalue weighted by Crippen LogP contribution is -2.36. The minimum absolute atomic E-state index is 0.0924. The molecule has 0 bridgehead atoms. The molecule has 100 valence electrons. The van der Waals surface area contributed by atoms with E-state index in [9.17, 15) is 4.79 Å². The molecule has 0 aromatic carbocycles. The molecule has 1 aromatic rings. The van der Waals surface area contributed by atoms with Gasteiger partial charge in [0.2, 0.25) is 0 Å². The van der Waals surface area contributed by atoms with Gasteiger partial charge in [-0.25, -0.2) is 4.98 Å². The first-order valence-corrected chi connectivity index (χ1v) is 8.11. The minimum Gasteiger partial charge on any atom is -0.298 e. The number of thiol groups is 1. The van der Waals surface area contributed by atoms with E-state index in [0.29, 0.717) is 0 Å². The van der Waals surface area contributed by atoms with Crippen LogP contribution < -0.4 is 5.56 Å². The molecule has 1 aliphatic rings. The lowest BCUT2D eigenvalue weighted by Gasteiger charge is -2.36. The van der Waals surface area contributed by atoms with Crippen molar-refractivity contribution in [1.82, 2.24) is 9.55 Å². The summed E-state index contributed by atoms with van der Waals surface area (Å²) in [6, 6.07) is 0. The second-order valence-corrected chi connectivity index (χ2v) is 6.69. The fourth-order valence-corrected chi connectivity index (χ4v) is 3.55. The molecule has 0 spiro atoms. The van der Waals surface area contributed by atoms with Gasteiger partial charge >= 0.3 is 0 Å². The molecular formula is C13H19IN2OS. The van der Waals surface area contributed by atoms with E-state index in [1.54, 1.807) is 10.9 Å². The van der Waals surface area contributed by atoms with Crippen LogP contribution in [0.3, 0.4) is 0 Å². The third kappa shape index (κ3) is 2.92. The van der Waals surface area contributed by atoms with Crippen molar-refractivity contribution in [2.45, 2.75) is 45.6 Å². The van der Waals surface area contributed by atoms with Gasteiger partial charge in [0, 0.05) is 6.54 Å². The zero-order chi connectivity index (χ0) is 13.2. The van der Waals surface area contributed by atoms with Gasteiger partial charge in [-0.2, -0.15) is 12.6 Å². The molecule has 1 saturated carbocycles. The fraction of sp³-hybridized carbons (Fsp3) is 0.692. The Morgan fingerprint density at radius 1 is 1.44 bits per heavy atom. The van der Waals surface area contributed by atoms with Crippen molar-refractivity contribution < 1.29 is 0 Å². The lowest BCUT2D eigenvalue weighted by molar-refractivity contribution is 0.187. The van der Waals surface area contributed by atoms with Crippen molar-refractivity contribution in [3.8, 4) is 0 Å². The molecule has 2 rings (SSSR count). The zero-order valence-electron chi connectivity index (χ0n) is 10.7. The summed E-state index contributed by atoms with van der Waals surface area (Å²) in [5.41, 5.74) is 1.10. The van der Waals surface area contributed by atoms with Crippen LogP contribution in [0.5, 0.6) is 0 Å². The van der Waals surface area contributed by atoms with Gasteiger partial charge in [0.1, 0.15) is 0 Å². The normalized spacial score (nSPS) is 18.8. The molecule has 0 amide bonds. The highest BCUT2D eigenvalue weighted by Gasteiger charge is 2.31. The molecule has 3 nitrogen and oxygen atoms in total. The first-order valence-electron chi connectivity index (χ1n) is 6.40. The molecule has 0 N–H and O–H groups in total. The van der Waals surface area contributed by atoms with Crippen LogP contribution in [-0.2, 0) is 6.54 Å². The van der Waals surface area contributed by atoms with Crippen LogP contribution in [0.4, 0.5) is 0 Å². The Balaban J connectivity index is 2.27. The summed E-state index contributed by atoms with van der Waals surface area (Å²) in [6.07, 6.45) is 7.87. The Bertz CT molecular complexity index is 480. The smallest absolute Gasteiger partial charge is 0.267 e. The minimum atomic E-state index is 0.0924. The molecule has 0 saturated heterocycles. The van der Waals surface area contributed by atoms with E-state index in [1.165, 1.54) is 32.1 Å². The van der Waals surface area contributed by atoms with Crippen molar-refractivity contribution in [2.75, 3.05) is 5.75 Å². The van der Waals surface area contributed by atoms with Crippen molar-refractivity contribution in [3.05, 3.63) is 25.9 Å². The van der Waals surface area contributed by atoms with Crippen LogP contribution in [-0.4, -0.2) is 15.3 Å². The highest BCUT2D eigenvalue weighted by Crippen LogP contribution is 2.38. The van der Waals surface area contributed by atoms with E-state index in [4.69, 9.17) is 0 Å². The summed E-state index contributed by atoms with van der Waals surface area (Å²) in [6.45, 7) is 2.64. The Morgan fingerprint density at radius 2 is 2.11 bits per heavy atom. The van der Waals surface area contributed by atoms with Gasteiger partial charge in [0.25, 0.3) is 5.56 Å².